The molecule has 0 bridgehead atoms. The molecule has 3 N–H and O–H groups in total. The summed E-state index contributed by atoms with van der Waals surface area (Å²) in [5.41, 5.74) is 9.11. The summed E-state index contributed by atoms with van der Waals surface area (Å²) in [5.74, 6) is -0.467. The first-order valence-electron chi connectivity index (χ1n) is 8.47. The van der Waals surface area contributed by atoms with E-state index in [9.17, 15) is 9.59 Å². The summed E-state index contributed by atoms with van der Waals surface area (Å²) in [5, 5.41) is 2.91. The minimum atomic E-state index is -0.348. The summed E-state index contributed by atoms with van der Waals surface area (Å²) in [6, 6.07) is 15.2. The molecule has 0 aromatic heterocycles. The van der Waals surface area contributed by atoms with E-state index in [0.29, 0.717) is 17.9 Å². The zero-order valence-corrected chi connectivity index (χ0v) is 15.8. The van der Waals surface area contributed by atoms with Gasteiger partial charge in [0.25, 0.3) is 0 Å². The molecule has 5 nitrogen and oxygen atoms in total. The fraction of sp³-hybridized carbons (Fsp3) is 0.300. The molecule has 26 heavy (non-hydrogen) atoms. The molecule has 1 saturated heterocycles. The Morgan fingerprint density at radius 3 is 2.62 bits per heavy atom. The lowest BCUT2D eigenvalue weighted by molar-refractivity contribution is -0.129. The summed E-state index contributed by atoms with van der Waals surface area (Å²) >= 11 is 0. The van der Waals surface area contributed by atoms with Crippen LogP contribution in [0.4, 0.5) is 11.4 Å². The van der Waals surface area contributed by atoms with E-state index in [1.54, 1.807) is 17.0 Å². The number of carbonyl (C=O) groups is 2. The number of nitrogens with zero attached hydrogens (tertiary/aromatic N) is 1. The van der Waals surface area contributed by atoms with Crippen LogP contribution >= 0.6 is 12.4 Å². The van der Waals surface area contributed by atoms with Crippen molar-refractivity contribution in [3.63, 3.8) is 0 Å². The molecule has 1 heterocycles. The second kappa shape index (κ2) is 8.23. The number of nitrogen functional groups attached to an aromatic ring is 1. The van der Waals surface area contributed by atoms with Gasteiger partial charge in [-0.05, 0) is 37.1 Å². The molecule has 1 fully saturated rings. The van der Waals surface area contributed by atoms with Gasteiger partial charge in [-0.15, -0.1) is 12.4 Å². The highest BCUT2D eigenvalue weighted by atomic mass is 35.5. The van der Waals surface area contributed by atoms with Gasteiger partial charge >= 0.3 is 0 Å². The van der Waals surface area contributed by atoms with E-state index >= 15 is 0 Å². The van der Waals surface area contributed by atoms with Gasteiger partial charge in [0, 0.05) is 24.3 Å². The number of carbonyl (C=O) groups excluding carboxylic acids is 2. The van der Waals surface area contributed by atoms with Crippen LogP contribution < -0.4 is 11.1 Å². The Morgan fingerprint density at radius 2 is 1.92 bits per heavy atom. The smallest absolute Gasteiger partial charge is 0.229 e. The highest BCUT2D eigenvalue weighted by Crippen LogP contribution is 2.29. The maximum atomic E-state index is 12.6. The molecular formula is C20H24ClN3O2. The first kappa shape index (κ1) is 19.8. The Hall–Kier alpha value is -2.53. The summed E-state index contributed by atoms with van der Waals surface area (Å²) < 4.78 is 0. The van der Waals surface area contributed by atoms with Gasteiger partial charge in [0.2, 0.25) is 11.8 Å². The summed E-state index contributed by atoms with van der Waals surface area (Å²) in [4.78, 5) is 26.8. The van der Waals surface area contributed by atoms with Crippen molar-refractivity contribution in [2.75, 3.05) is 17.6 Å². The summed E-state index contributed by atoms with van der Waals surface area (Å²) in [7, 11) is 0. The van der Waals surface area contributed by atoms with Crippen molar-refractivity contribution in [2.45, 2.75) is 26.3 Å². The van der Waals surface area contributed by atoms with Crippen LogP contribution in [0.2, 0.25) is 0 Å². The van der Waals surface area contributed by atoms with Crippen molar-refractivity contribution in [3.8, 4) is 0 Å². The van der Waals surface area contributed by atoms with Crippen LogP contribution in [0.1, 0.15) is 30.5 Å². The van der Waals surface area contributed by atoms with Crippen LogP contribution in [0.5, 0.6) is 0 Å². The van der Waals surface area contributed by atoms with Crippen LogP contribution in [0.25, 0.3) is 0 Å². The quantitative estimate of drug-likeness (QED) is 0.805. The Morgan fingerprint density at radius 1 is 1.23 bits per heavy atom. The third-order valence-electron chi connectivity index (χ3n) is 4.80. The average Bonchev–Trinajstić information content (AvgIpc) is 3.00. The van der Waals surface area contributed by atoms with Crippen molar-refractivity contribution in [1.29, 1.82) is 0 Å². The highest BCUT2D eigenvalue weighted by molar-refractivity contribution is 5.98. The van der Waals surface area contributed by atoms with E-state index in [-0.39, 0.29) is 42.6 Å². The zero-order chi connectivity index (χ0) is 18.0. The molecule has 0 saturated carbocycles. The number of nitrogens with two attached hydrogens (primary N) is 1. The molecule has 0 spiro atoms. The van der Waals surface area contributed by atoms with Gasteiger partial charge in [-0.2, -0.15) is 0 Å². The Labute approximate surface area is 160 Å². The third kappa shape index (κ3) is 4.17. The lowest BCUT2D eigenvalue weighted by atomic mass is 10.1. The van der Waals surface area contributed by atoms with Gasteiger partial charge < -0.3 is 16.0 Å². The number of halogens is 1. The molecule has 138 valence electrons. The lowest BCUT2D eigenvalue weighted by Crippen LogP contribution is -2.30. The van der Waals surface area contributed by atoms with E-state index < -0.39 is 0 Å². The van der Waals surface area contributed by atoms with Crippen LogP contribution in [0.3, 0.4) is 0 Å². The molecule has 2 aromatic rings. The SMILES string of the molecule is Cc1ccc(N)cc1NC(=O)C1CC(=O)N(C(C)c2ccccc2)C1.Cl. The number of likely N-dealkylation sites (tertiary alicyclic amines) is 1. The number of anilines is 2. The van der Waals surface area contributed by atoms with Crippen molar-refractivity contribution < 1.29 is 9.59 Å². The Bertz CT molecular complexity index is 795. The Balaban J connectivity index is 0.00000243. The lowest BCUT2D eigenvalue weighted by Gasteiger charge is -2.25. The van der Waals surface area contributed by atoms with Crippen LogP contribution in [0, 0.1) is 12.8 Å². The highest BCUT2D eigenvalue weighted by Gasteiger charge is 2.37. The number of hydrogen-bond acceptors (Lipinski definition) is 3. The standard InChI is InChI=1S/C20H23N3O2.ClH/c1-13-8-9-17(21)11-18(13)22-20(25)16-10-19(24)23(12-16)14(2)15-6-4-3-5-7-15;/h3-9,11,14,16H,10,12,21H2,1-2H3,(H,22,25);1H. The topological polar surface area (TPSA) is 75.4 Å². The van der Waals surface area contributed by atoms with Crippen molar-refractivity contribution in [1.82, 2.24) is 4.90 Å². The number of nitrogens with one attached hydrogen (secondary N) is 1. The normalized spacial score (nSPS) is 17.5. The maximum Gasteiger partial charge on any atom is 0.229 e. The van der Waals surface area contributed by atoms with E-state index in [1.807, 2.05) is 50.2 Å². The van der Waals surface area contributed by atoms with Gasteiger partial charge in [0.1, 0.15) is 0 Å². The molecule has 2 aromatic carbocycles. The van der Waals surface area contributed by atoms with E-state index in [1.165, 1.54) is 0 Å². The zero-order valence-electron chi connectivity index (χ0n) is 14.9. The molecule has 2 unspecified atom stereocenters. The van der Waals surface area contributed by atoms with Crippen LogP contribution in [-0.4, -0.2) is 23.3 Å². The van der Waals surface area contributed by atoms with E-state index in [0.717, 1.165) is 11.1 Å². The van der Waals surface area contributed by atoms with Crippen molar-refractivity contribution >= 4 is 35.6 Å². The number of aryl methyl sites for hydroxylation is 1. The molecule has 6 heteroatoms. The first-order chi connectivity index (χ1) is 12.0. The van der Waals surface area contributed by atoms with Crippen LogP contribution in [0.15, 0.2) is 48.5 Å². The van der Waals surface area contributed by atoms with E-state index in [4.69, 9.17) is 5.73 Å². The molecule has 1 aliphatic rings. The predicted molar refractivity (Wildman–Crippen MR) is 106 cm³/mol. The van der Waals surface area contributed by atoms with Gasteiger partial charge in [-0.1, -0.05) is 36.4 Å². The number of hydrogen-bond donors (Lipinski definition) is 2. The fourth-order valence-electron chi connectivity index (χ4n) is 3.20. The summed E-state index contributed by atoms with van der Waals surface area (Å²) in [6.45, 7) is 4.34. The van der Waals surface area contributed by atoms with Crippen molar-refractivity contribution in [3.05, 3.63) is 59.7 Å². The molecular weight excluding hydrogens is 350 g/mol. The third-order valence-corrected chi connectivity index (χ3v) is 4.80. The van der Waals surface area contributed by atoms with Crippen molar-refractivity contribution in [2.24, 2.45) is 5.92 Å². The molecule has 0 aliphatic carbocycles. The number of rotatable bonds is 4. The monoisotopic (exact) mass is 373 g/mol. The molecule has 3 rings (SSSR count). The van der Waals surface area contributed by atoms with Gasteiger partial charge in [-0.3, -0.25) is 9.59 Å². The first-order valence-corrected chi connectivity index (χ1v) is 8.47. The molecule has 2 amide bonds. The summed E-state index contributed by atoms with van der Waals surface area (Å²) in [6.07, 6.45) is 0.240. The maximum absolute atomic E-state index is 12.6. The average molecular weight is 374 g/mol. The Kier molecular flexibility index (Phi) is 6.27. The van der Waals surface area contributed by atoms with Gasteiger partial charge in [-0.25, -0.2) is 0 Å². The van der Waals surface area contributed by atoms with Crippen LogP contribution in [-0.2, 0) is 9.59 Å². The number of amides is 2. The second-order valence-corrected chi connectivity index (χ2v) is 6.60. The van der Waals surface area contributed by atoms with E-state index in [2.05, 4.69) is 5.32 Å². The van der Waals surface area contributed by atoms with Gasteiger partial charge in [0.15, 0.2) is 0 Å². The second-order valence-electron chi connectivity index (χ2n) is 6.60. The largest absolute Gasteiger partial charge is 0.399 e. The molecule has 0 radical (unpaired) electrons. The minimum absolute atomic E-state index is 0. The number of benzene rings is 2. The fourth-order valence-corrected chi connectivity index (χ4v) is 3.20. The molecule has 2 atom stereocenters. The van der Waals surface area contributed by atoms with Gasteiger partial charge in [0.05, 0.1) is 12.0 Å². The minimum Gasteiger partial charge on any atom is -0.399 e. The molecule has 1 aliphatic heterocycles. The predicted octanol–water partition coefficient (Wildman–Crippen LogP) is 3.55.